The van der Waals surface area contributed by atoms with E-state index in [1.807, 2.05) is 6.07 Å². The summed E-state index contributed by atoms with van der Waals surface area (Å²) in [5.41, 5.74) is 7.61. The lowest BCUT2D eigenvalue weighted by atomic mass is 10.2. The summed E-state index contributed by atoms with van der Waals surface area (Å²) in [6.07, 6.45) is 1.77. The average molecular weight is 375 g/mol. The highest BCUT2D eigenvalue weighted by Gasteiger charge is 2.17. The van der Waals surface area contributed by atoms with Crippen LogP contribution in [0.5, 0.6) is 5.75 Å². The standard InChI is InChI=1S/C21H23FN2O.ClH/c1-13(2)15(4)24-16(5)14(3)20-21(24)19(10-11-23-20)25-12-17-6-8-18(22)9-7-17;/h6-11H,12H2,1-5H3;1H. The van der Waals surface area contributed by atoms with Crippen LogP contribution in [0.2, 0.25) is 0 Å². The lowest BCUT2D eigenvalue weighted by Crippen LogP contribution is -2.02. The Kier molecular flexibility index (Phi) is 6.09. The molecular formula is C21H24ClFN2O. The molecule has 0 spiro atoms. The number of rotatable bonds is 4. The Hall–Kier alpha value is -2.33. The summed E-state index contributed by atoms with van der Waals surface area (Å²) in [4.78, 5) is 4.56. The summed E-state index contributed by atoms with van der Waals surface area (Å²) in [7, 11) is 0. The van der Waals surface area contributed by atoms with Gasteiger partial charge in [0.15, 0.2) is 0 Å². The van der Waals surface area contributed by atoms with Gasteiger partial charge in [-0.25, -0.2) is 4.39 Å². The maximum absolute atomic E-state index is 13.1. The number of benzene rings is 1. The van der Waals surface area contributed by atoms with Crippen LogP contribution in [-0.4, -0.2) is 9.55 Å². The van der Waals surface area contributed by atoms with Crippen LogP contribution in [-0.2, 0) is 6.61 Å². The molecular weight excluding hydrogens is 351 g/mol. The van der Waals surface area contributed by atoms with Gasteiger partial charge in [0.2, 0.25) is 0 Å². The molecule has 2 aromatic heterocycles. The number of pyridine rings is 1. The molecule has 0 amide bonds. The van der Waals surface area contributed by atoms with Crippen molar-refractivity contribution in [1.29, 1.82) is 0 Å². The molecule has 3 nitrogen and oxygen atoms in total. The minimum Gasteiger partial charge on any atom is -0.487 e. The van der Waals surface area contributed by atoms with Gasteiger partial charge in [0.05, 0.1) is 5.52 Å². The molecule has 0 N–H and O–H groups in total. The SMILES string of the molecule is CC(C)=C(C)n1c(C)c(C)c2nccc(OCc3ccc(F)cc3)c21.Cl. The molecule has 0 fully saturated rings. The lowest BCUT2D eigenvalue weighted by Gasteiger charge is -2.14. The maximum atomic E-state index is 13.1. The summed E-state index contributed by atoms with van der Waals surface area (Å²) >= 11 is 0. The smallest absolute Gasteiger partial charge is 0.147 e. The van der Waals surface area contributed by atoms with E-state index in [9.17, 15) is 4.39 Å². The monoisotopic (exact) mass is 374 g/mol. The van der Waals surface area contributed by atoms with E-state index in [0.717, 1.165) is 27.9 Å². The first-order valence-electron chi connectivity index (χ1n) is 8.38. The summed E-state index contributed by atoms with van der Waals surface area (Å²) in [6, 6.07) is 8.27. The molecule has 3 rings (SSSR count). The Morgan fingerprint density at radius 2 is 1.73 bits per heavy atom. The third-order valence-corrected chi connectivity index (χ3v) is 4.71. The summed E-state index contributed by atoms with van der Waals surface area (Å²) in [5, 5.41) is 0. The number of ether oxygens (including phenoxy) is 1. The normalized spacial score (nSPS) is 10.5. The van der Waals surface area contributed by atoms with Gasteiger partial charge in [0.1, 0.15) is 23.7 Å². The number of hydrogen-bond donors (Lipinski definition) is 0. The van der Waals surface area contributed by atoms with E-state index in [1.54, 1.807) is 18.3 Å². The van der Waals surface area contributed by atoms with Crippen molar-refractivity contribution >= 4 is 29.1 Å². The number of hydrogen-bond acceptors (Lipinski definition) is 2. The van der Waals surface area contributed by atoms with Crippen molar-refractivity contribution in [2.24, 2.45) is 0 Å². The van der Waals surface area contributed by atoms with Gasteiger partial charge in [-0.3, -0.25) is 4.98 Å². The van der Waals surface area contributed by atoms with Crippen molar-refractivity contribution in [2.45, 2.75) is 41.2 Å². The fourth-order valence-electron chi connectivity index (χ4n) is 2.93. The molecule has 0 aliphatic rings. The highest BCUT2D eigenvalue weighted by atomic mass is 35.5. The second-order valence-corrected chi connectivity index (χ2v) is 6.55. The van der Waals surface area contributed by atoms with Crippen LogP contribution in [0.4, 0.5) is 4.39 Å². The highest BCUT2D eigenvalue weighted by Crippen LogP contribution is 2.34. The third-order valence-electron chi connectivity index (χ3n) is 4.71. The van der Waals surface area contributed by atoms with Gasteiger partial charge < -0.3 is 9.30 Å². The molecule has 0 aliphatic heterocycles. The van der Waals surface area contributed by atoms with Crippen LogP contribution in [0.15, 0.2) is 42.1 Å². The van der Waals surface area contributed by atoms with E-state index >= 15 is 0 Å². The molecule has 26 heavy (non-hydrogen) atoms. The van der Waals surface area contributed by atoms with Crippen molar-refractivity contribution in [2.75, 3.05) is 0 Å². The van der Waals surface area contributed by atoms with Gasteiger partial charge in [0.25, 0.3) is 0 Å². The second-order valence-electron chi connectivity index (χ2n) is 6.55. The Labute approximate surface area is 159 Å². The average Bonchev–Trinajstić information content (AvgIpc) is 2.85. The van der Waals surface area contributed by atoms with E-state index in [2.05, 4.69) is 44.2 Å². The van der Waals surface area contributed by atoms with Gasteiger partial charge in [-0.05, 0) is 57.9 Å². The van der Waals surface area contributed by atoms with Gasteiger partial charge in [-0.1, -0.05) is 17.7 Å². The topological polar surface area (TPSA) is 27.1 Å². The quantitative estimate of drug-likeness (QED) is 0.554. The molecule has 0 saturated carbocycles. The summed E-state index contributed by atoms with van der Waals surface area (Å²) in [5.74, 6) is 0.542. The van der Waals surface area contributed by atoms with Crippen LogP contribution in [0.25, 0.3) is 16.7 Å². The minimum atomic E-state index is -0.241. The van der Waals surface area contributed by atoms with Gasteiger partial charge in [-0.2, -0.15) is 0 Å². The van der Waals surface area contributed by atoms with Gasteiger partial charge in [0, 0.05) is 23.7 Å². The first-order chi connectivity index (χ1) is 11.9. The van der Waals surface area contributed by atoms with Crippen LogP contribution in [0.1, 0.15) is 37.6 Å². The fraction of sp³-hybridized carbons (Fsp3) is 0.286. The van der Waals surface area contributed by atoms with Gasteiger partial charge in [-0.15, -0.1) is 12.4 Å². The predicted octanol–water partition coefficient (Wildman–Crippen LogP) is 6.06. The van der Waals surface area contributed by atoms with Crippen LogP contribution < -0.4 is 4.74 Å². The number of allylic oxidation sites excluding steroid dienone is 2. The van der Waals surface area contributed by atoms with Crippen molar-refractivity contribution in [3.63, 3.8) is 0 Å². The summed E-state index contributed by atoms with van der Waals surface area (Å²) in [6.45, 7) is 10.9. The number of aromatic nitrogens is 2. The van der Waals surface area contributed by atoms with Crippen molar-refractivity contribution < 1.29 is 9.13 Å². The number of fused-ring (bicyclic) bond motifs is 1. The molecule has 2 heterocycles. The molecule has 0 bridgehead atoms. The second kappa shape index (κ2) is 7.92. The molecule has 3 aromatic rings. The molecule has 1 aromatic carbocycles. The molecule has 0 atom stereocenters. The number of aryl methyl sites for hydroxylation is 1. The fourth-order valence-corrected chi connectivity index (χ4v) is 2.93. The largest absolute Gasteiger partial charge is 0.487 e. The van der Waals surface area contributed by atoms with Crippen molar-refractivity contribution in [3.8, 4) is 5.75 Å². The van der Waals surface area contributed by atoms with E-state index in [4.69, 9.17) is 4.74 Å². The molecule has 0 saturated heterocycles. The third kappa shape index (κ3) is 3.61. The first-order valence-corrected chi connectivity index (χ1v) is 8.38. The molecule has 0 aliphatic carbocycles. The minimum absolute atomic E-state index is 0. The first kappa shape index (κ1) is 20.0. The van der Waals surface area contributed by atoms with Crippen LogP contribution in [0, 0.1) is 19.7 Å². The lowest BCUT2D eigenvalue weighted by molar-refractivity contribution is 0.308. The molecule has 5 heteroatoms. The molecule has 138 valence electrons. The van der Waals surface area contributed by atoms with Crippen molar-refractivity contribution in [1.82, 2.24) is 9.55 Å². The Morgan fingerprint density at radius 1 is 1.08 bits per heavy atom. The molecule has 0 radical (unpaired) electrons. The van der Waals surface area contributed by atoms with E-state index in [1.165, 1.54) is 29.1 Å². The van der Waals surface area contributed by atoms with Crippen LogP contribution in [0.3, 0.4) is 0 Å². The molecule has 0 unspecified atom stereocenters. The van der Waals surface area contributed by atoms with E-state index < -0.39 is 0 Å². The van der Waals surface area contributed by atoms with E-state index in [-0.39, 0.29) is 18.2 Å². The highest BCUT2D eigenvalue weighted by molar-refractivity contribution is 5.89. The summed E-state index contributed by atoms with van der Waals surface area (Å²) < 4.78 is 21.4. The van der Waals surface area contributed by atoms with Gasteiger partial charge >= 0.3 is 0 Å². The Bertz CT molecular complexity index is 954. The number of nitrogens with zero attached hydrogens (tertiary/aromatic N) is 2. The van der Waals surface area contributed by atoms with E-state index in [0.29, 0.717) is 6.61 Å². The number of halogens is 2. The Balaban J connectivity index is 0.00000243. The zero-order valence-corrected chi connectivity index (χ0v) is 16.6. The predicted molar refractivity (Wildman–Crippen MR) is 107 cm³/mol. The Morgan fingerprint density at radius 3 is 2.35 bits per heavy atom. The van der Waals surface area contributed by atoms with Crippen molar-refractivity contribution in [3.05, 3.63) is 64.7 Å². The van der Waals surface area contributed by atoms with Crippen LogP contribution >= 0.6 is 12.4 Å². The zero-order chi connectivity index (χ0) is 18.1. The zero-order valence-electron chi connectivity index (χ0n) is 15.8. The maximum Gasteiger partial charge on any atom is 0.147 e.